The van der Waals surface area contributed by atoms with Crippen LogP contribution in [0.4, 0.5) is 19.0 Å². The Labute approximate surface area is 96.7 Å². The maximum absolute atomic E-state index is 11.7. The van der Waals surface area contributed by atoms with Crippen molar-refractivity contribution in [2.24, 2.45) is 0 Å². The Morgan fingerprint density at radius 1 is 1.35 bits per heavy atom. The molecule has 7 heteroatoms. The minimum atomic E-state index is -4.28. The van der Waals surface area contributed by atoms with Gasteiger partial charge in [0.2, 0.25) is 0 Å². The molecule has 0 aromatic carbocycles. The largest absolute Gasteiger partial charge is 0.495 e. The molecule has 0 spiro atoms. The summed E-state index contributed by atoms with van der Waals surface area (Å²) in [7, 11) is 1.52. The quantitative estimate of drug-likeness (QED) is 0.785. The van der Waals surface area contributed by atoms with E-state index in [9.17, 15) is 13.2 Å². The standard InChI is InChI=1S/C10H13F3N2O2/c1-16-8-2-3-9(15-6-8)14-4-5-17-7-10(11,12)13/h2-3,6H,4-5,7H2,1H3,(H,14,15). The smallest absolute Gasteiger partial charge is 0.411 e. The fraction of sp³-hybridized carbons (Fsp3) is 0.500. The van der Waals surface area contributed by atoms with Crippen molar-refractivity contribution in [2.75, 3.05) is 32.2 Å². The van der Waals surface area contributed by atoms with Gasteiger partial charge in [0.25, 0.3) is 0 Å². The molecule has 1 aromatic rings. The van der Waals surface area contributed by atoms with Gasteiger partial charge < -0.3 is 14.8 Å². The molecule has 0 unspecified atom stereocenters. The van der Waals surface area contributed by atoms with E-state index >= 15 is 0 Å². The van der Waals surface area contributed by atoms with E-state index in [0.29, 0.717) is 11.6 Å². The molecule has 0 aliphatic heterocycles. The van der Waals surface area contributed by atoms with E-state index in [2.05, 4.69) is 15.0 Å². The van der Waals surface area contributed by atoms with E-state index < -0.39 is 12.8 Å². The van der Waals surface area contributed by atoms with E-state index in [1.807, 2.05) is 0 Å². The van der Waals surface area contributed by atoms with Crippen molar-refractivity contribution in [1.82, 2.24) is 4.98 Å². The number of anilines is 1. The average Bonchev–Trinajstić information content (AvgIpc) is 2.28. The van der Waals surface area contributed by atoms with E-state index in [1.54, 1.807) is 12.1 Å². The summed E-state index contributed by atoms with van der Waals surface area (Å²) in [5, 5.41) is 2.82. The first-order chi connectivity index (χ1) is 8.01. The first-order valence-electron chi connectivity index (χ1n) is 4.89. The van der Waals surface area contributed by atoms with Gasteiger partial charge in [0, 0.05) is 6.54 Å². The summed E-state index contributed by atoms with van der Waals surface area (Å²) in [5.74, 6) is 1.17. The Bertz CT molecular complexity index is 327. The van der Waals surface area contributed by atoms with Crippen molar-refractivity contribution >= 4 is 5.82 Å². The molecule has 0 aliphatic carbocycles. The van der Waals surface area contributed by atoms with Gasteiger partial charge in [-0.2, -0.15) is 13.2 Å². The summed E-state index contributed by atoms with van der Waals surface area (Å²) in [6.07, 6.45) is -2.77. The maximum atomic E-state index is 11.7. The van der Waals surface area contributed by atoms with Crippen molar-refractivity contribution < 1.29 is 22.6 Å². The highest BCUT2D eigenvalue weighted by Gasteiger charge is 2.27. The number of nitrogens with one attached hydrogen (secondary N) is 1. The van der Waals surface area contributed by atoms with Crippen LogP contribution in [0, 0.1) is 0 Å². The van der Waals surface area contributed by atoms with Crippen LogP contribution in [0.15, 0.2) is 18.3 Å². The molecule has 96 valence electrons. The predicted molar refractivity (Wildman–Crippen MR) is 56.2 cm³/mol. The van der Waals surface area contributed by atoms with Crippen LogP contribution in [0.3, 0.4) is 0 Å². The van der Waals surface area contributed by atoms with Crippen LogP contribution in [0.25, 0.3) is 0 Å². The van der Waals surface area contributed by atoms with Gasteiger partial charge in [-0.15, -0.1) is 0 Å². The average molecular weight is 250 g/mol. The fourth-order valence-electron chi connectivity index (χ4n) is 1.04. The van der Waals surface area contributed by atoms with Crippen LogP contribution >= 0.6 is 0 Å². The van der Waals surface area contributed by atoms with E-state index in [0.717, 1.165) is 0 Å². The third-order valence-electron chi connectivity index (χ3n) is 1.79. The van der Waals surface area contributed by atoms with Gasteiger partial charge in [-0.25, -0.2) is 4.98 Å². The number of methoxy groups -OCH3 is 1. The number of hydrogen-bond donors (Lipinski definition) is 1. The zero-order valence-electron chi connectivity index (χ0n) is 9.25. The molecule has 0 radical (unpaired) electrons. The third-order valence-corrected chi connectivity index (χ3v) is 1.79. The van der Waals surface area contributed by atoms with Crippen molar-refractivity contribution in [1.29, 1.82) is 0 Å². The highest BCUT2D eigenvalue weighted by atomic mass is 19.4. The molecule has 0 saturated heterocycles. The lowest BCUT2D eigenvalue weighted by atomic mass is 10.4. The minimum Gasteiger partial charge on any atom is -0.495 e. The van der Waals surface area contributed by atoms with Crippen molar-refractivity contribution in [3.63, 3.8) is 0 Å². The third kappa shape index (κ3) is 5.96. The first kappa shape index (κ1) is 13.6. The van der Waals surface area contributed by atoms with Crippen LogP contribution in [0.1, 0.15) is 0 Å². The van der Waals surface area contributed by atoms with Crippen LogP contribution in [0.5, 0.6) is 5.75 Å². The molecular weight excluding hydrogens is 237 g/mol. The second-order valence-corrected chi connectivity index (χ2v) is 3.18. The van der Waals surface area contributed by atoms with Crippen LogP contribution in [-0.2, 0) is 4.74 Å². The van der Waals surface area contributed by atoms with E-state index in [1.165, 1.54) is 13.3 Å². The molecule has 0 amide bonds. The first-order valence-corrected chi connectivity index (χ1v) is 4.89. The molecule has 1 N–H and O–H groups in total. The molecule has 1 aromatic heterocycles. The summed E-state index contributed by atoms with van der Waals surface area (Å²) in [6, 6.07) is 3.37. The molecule has 0 fully saturated rings. The van der Waals surface area contributed by atoms with Gasteiger partial charge in [-0.1, -0.05) is 0 Å². The zero-order chi connectivity index (χ0) is 12.7. The molecule has 4 nitrogen and oxygen atoms in total. The highest BCUT2D eigenvalue weighted by Crippen LogP contribution is 2.14. The van der Waals surface area contributed by atoms with Gasteiger partial charge in [-0.3, -0.25) is 0 Å². The Morgan fingerprint density at radius 3 is 2.65 bits per heavy atom. The van der Waals surface area contributed by atoms with Gasteiger partial charge in [0.05, 0.1) is 19.9 Å². The number of pyridine rings is 1. The van der Waals surface area contributed by atoms with Gasteiger partial charge in [-0.05, 0) is 12.1 Å². The SMILES string of the molecule is COc1ccc(NCCOCC(F)(F)F)nc1. The zero-order valence-corrected chi connectivity index (χ0v) is 9.25. The van der Waals surface area contributed by atoms with Crippen LogP contribution in [0.2, 0.25) is 0 Å². The van der Waals surface area contributed by atoms with Crippen LogP contribution < -0.4 is 10.1 Å². The minimum absolute atomic E-state index is 0.0345. The normalized spacial score (nSPS) is 11.3. The van der Waals surface area contributed by atoms with Gasteiger partial charge >= 0.3 is 6.18 Å². The summed E-state index contributed by atoms with van der Waals surface area (Å²) in [4.78, 5) is 3.98. The topological polar surface area (TPSA) is 43.4 Å². The predicted octanol–water partition coefficient (Wildman–Crippen LogP) is 2.08. The number of ether oxygens (including phenoxy) is 2. The lowest BCUT2D eigenvalue weighted by Crippen LogP contribution is -2.20. The summed E-state index contributed by atoms with van der Waals surface area (Å²) in [5.41, 5.74) is 0. The van der Waals surface area contributed by atoms with Gasteiger partial charge in [0.15, 0.2) is 0 Å². The van der Waals surface area contributed by atoms with Gasteiger partial charge in [0.1, 0.15) is 18.2 Å². The monoisotopic (exact) mass is 250 g/mol. The maximum Gasteiger partial charge on any atom is 0.411 e. The van der Waals surface area contributed by atoms with Crippen molar-refractivity contribution in [3.8, 4) is 5.75 Å². The molecule has 0 aliphatic rings. The molecular formula is C10H13F3N2O2. The number of nitrogens with zero attached hydrogens (tertiary/aromatic N) is 1. The number of rotatable bonds is 6. The van der Waals surface area contributed by atoms with E-state index in [4.69, 9.17) is 4.74 Å². The summed E-state index contributed by atoms with van der Waals surface area (Å²) in [6.45, 7) is -1.01. The highest BCUT2D eigenvalue weighted by molar-refractivity contribution is 5.37. The second-order valence-electron chi connectivity index (χ2n) is 3.18. The van der Waals surface area contributed by atoms with E-state index in [-0.39, 0.29) is 13.2 Å². The molecule has 1 rings (SSSR count). The Hall–Kier alpha value is -1.50. The van der Waals surface area contributed by atoms with Crippen LogP contribution in [-0.4, -0.2) is 38.0 Å². The lowest BCUT2D eigenvalue weighted by Gasteiger charge is -2.09. The molecule has 0 atom stereocenters. The molecule has 17 heavy (non-hydrogen) atoms. The number of halogens is 3. The summed E-state index contributed by atoms with van der Waals surface area (Å²) < 4.78 is 44.5. The molecule has 0 saturated carbocycles. The second kappa shape index (κ2) is 6.29. The lowest BCUT2D eigenvalue weighted by molar-refractivity contribution is -0.172. The fourth-order valence-corrected chi connectivity index (χ4v) is 1.04. The summed E-state index contributed by atoms with van der Waals surface area (Å²) >= 11 is 0. The van der Waals surface area contributed by atoms with Crippen molar-refractivity contribution in [2.45, 2.75) is 6.18 Å². The van der Waals surface area contributed by atoms with Crippen molar-refractivity contribution in [3.05, 3.63) is 18.3 Å². The Morgan fingerprint density at radius 2 is 2.12 bits per heavy atom. The number of alkyl halides is 3. The Balaban J connectivity index is 2.18. The Kier molecular flexibility index (Phi) is 5.02. The molecule has 0 bridgehead atoms. The molecule has 1 heterocycles. The number of aromatic nitrogens is 1. The number of hydrogen-bond acceptors (Lipinski definition) is 4.